The van der Waals surface area contributed by atoms with Crippen LogP contribution in [0.2, 0.25) is 0 Å². The van der Waals surface area contributed by atoms with Gasteiger partial charge in [-0.1, -0.05) is 12.2 Å². The molecule has 2 unspecified atom stereocenters. The second-order valence-corrected chi connectivity index (χ2v) is 6.67. The second-order valence-electron chi connectivity index (χ2n) is 6.67. The Hall–Kier alpha value is -0.640. The fourth-order valence-electron chi connectivity index (χ4n) is 2.89. The monoisotopic (exact) mass is 266 g/mol. The quantitative estimate of drug-likeness (QED) is 0.499. The van der Waals surface area contributed by atoms with Gasteiger partial charge < -0.3 is 14.2 Å². The highest BCUT2D eigenvalue weighted by Gasteiger charge is 2.63. The van der Waals surface area contributed by atoms with Gasteiger partial charge in [-0.15, -0.1) is 13.2 Å². The molecule has 0 spiro atoms. The van der Waals surface area contributed by atoms with E-state index >= 15 is 0 Å². The van der Waals surface area contributed by atoms with Gasteiger partial charge in [0.15, 0.2) is 0 Å². The molecule has 0 bridgehead atoms. The Morgan fingerprint density at radius 2 is 1.26 bits per heavy atom. The van der Waals surface area contributed by atoms with Crippen LogP contribution in [0.3, 0.4) is 0 Å². The summed E-state index contributed by atoms with van der Waals surface area (Å²) in [7, 11) is 0. The van der Waals surface area contributed by atoms with Crippen molar-refractivity contribution < 1.29 is 14.2 Å². The van der Waals surface area contributed by atoms with Crippen molar-refractivity contribution in [3.05, 3.63) is 25.3 Å². The van der Waals surface area contributed by atoms with Crippen LogP contribution < -0.4 is 0 Å². The van der Waals surface area contributed by atoms with Crippen LogP contribution >= 0.6 is 0 Å². The van der Waals surface area contributed by atoms with E-state index in [1.54, 1.807) is 0 Å². The normalized spacial score (nSPS) is 33.9. The fraction of sp³-hybridized carbons (Fsp3) is 0.750. The molecule has 3 nitrogen and oxygen atoms in total. The van der Waals surface area contributed by atoms with Crippen LogP contribution in [0.1, 0.15) is 40.5 Å². The Kier molecular flexibility index (Phi) is 3.45. The van der Waals surface area contributed by atoms with E-state index in [0.29, 0.717) is 0 Å². The average Bonchev–Trinajstić information content (AvgIpc) is 3.11. The highest BCUT2D eigenvalue weighted by Crippen LogP contribution is 2.50. The van der Waals surface area contributed by atoms with Crippen LogP contribution in [0.4, 0.5) is 0 Å². The maximum absolute atomic E-state index is 6.44. The number of hydrogen-bond donors (Lipinski definition) is 0. The zero-order valence-corrected chi connectivity index (χ0v) is 12.6. The lowest BCUT2D eigenvalue weighted by Crippen LogP contribution is -2.53. The molecule has 2 fully saturated rings. The summed E-state index contributed by atoms with van der Waals surface area (Å²) < 4.78 is 17.8. The molecule has 0 N–H and O–H groups in total. The third kappa shape index (κ3) is 2.39. The van der Waals surface area contributed by atoms with Gasteiger partial charge in [0.1, 0.15) is 11.2 Å². The van der Waals surface area contributed by atoms with E-state index < -0.39 is 0 Å². The van der Waals surface area contributed by atoms with Gasteiger partial charge in [0.2, 0.25) is 0 Å². The lowest BCUT2D eigenvalue weighted by molar-refractivity contribution is -0.182. The summed E-state index contributed by atoms with van der Waals surface area (Å²) >= 11 is 0. The first kappa shape index (κ1) is 14.8. The highest BCUT2D eigenvalue weighted by molar-refractivity contribution is 5.14. The summed E-state index contributed by atoms with van der Waals surface area (Å²) in [6.45, 7) is 17.5. The summed E-state index contributed by atoms with van der Waals surface area (Å²) in [5, 5.41) is 0. The van der Waals surface area contributed by atoms with Crippen molar-refractivity contribution in [2.75, 3.05) is 13.2 Å². The molecule has 19 heavy (non-hydrogen) atoms. The van der Waals surface area contributed by atoms with E-state index in [4.69, 9.17) is 14.2 Å². The van der Waals surface area contributed by atoms with Crippen molar-refractivity contribution in [1.82, 2.24) is 0 Å². The van der Waals surface area contributed by atoms with Gasteiger partial charge in [0.25, 0.3) is 0 Å². The third-order valence-electron chi connectivity index (χ3n) is 4.64. The minimum atomic E-state index is -0.370. The number of ether oxygens (including phenoxy) is 3. The third-order valence-corrected chi connectivity index (χ3v) is 4.64. The van der Waals surface area contributed by atoms with E-state index in [1.807, 2.05) is 12.2 Å². The van der Waals surface area contributed by atoms with E-state index in [1.165, 1.54) is 0 Å². The average molecular weight is 266 g/mol. The smallest absolute Gasteiger partial charge is 0.123 e. The van der Waals surface area contributed by atoms with Gasteiger partial charge in [0.05, 0.1) is 24.4 Å². The summed E-state index contributed by atoms with van der Waals surface area (Å²) in [6, 6.07) is 0. The molecule has 0 saturated carbocycles. The summed E-state index contributed by atoms with van der Waals surface area (Å²) in [5.74, 6) is 0. The molecule has 0 aromatic carbocycles. The Balaban J connectivity index is 2.11. The molecule has 2 aliphatic rings. The van der Waals surface area contributed by atoms with Crippen LogP contribution in [-0.2, 0) is 14.2 Å². The van der Waals surface area contributed by atoms with Gasteiger partial charge in [-0.2, -0.15) is 0 Å². The van der Waals surface area contributed by atoms with Gasteiger partial charge in [-0.3, -0.25) is 0 Å². The van der Waals surface area contributed by atoms with Crippen molar-refractivity contribution in [3.63, 3.8) is 0 Å². The Bertz CT molecular complexity index is 337. The molecule has 0 aromatic heterocycles. The molecule has 108 valence electrons. The minimum Gasteiger partial charge on any atom is -0.366 e. The van der Waals surface area contributed by atoms with Gasteiger partial charge >= 0.3 is 0 Å². The van der Waals surface area contributed by atoms with Crippen LogP contribution in [0.5, 0.6) is 0 Å². The van der Waals surface area contributed by atoms with Crippen LogP contribution in [-0.4, -0.2) is 35.6 Å². The number of epoxide rings is 2. The summed E-state index contributed by atoms with van der Waals surface area (Å²) in [4.78, 5) is 0. The fourth-order valence-corrected chi connectivity index (χ4v) is 2.89. The van der Waals surface area contributed by atoms with Crippen molar-refractivity contribution in [2.45, 2.75) is 62.9 Å². The standard InChI is InChI=1S/C16H26O3/c1-7-9-15(11-17-15)13(3,4)19-14(5,6)16(10-8-2)12-18-16/h7-8H,1-2,9-12H2,3-6H3. The molecule has 2 rings (SSSR count). The highest BCUT2D eigenvalue weighted by atomic mass is 16.7. The topological polar surface area (TPSA) is 34.3 Å². The second kappa shape index (κ2) is 4.44. The molecule has 2 heterocycles. The molecule has 0 amide bonds. The first-order valence-corrected chi connectivity index (χ1v) is 6.94. The SMILES string of the molecule is C=CCC1(C(C)(C)OC(C)(C)C2(CC=C)CO2)CO1. The van der Waals surface area contributed by atoms with E-state index in [-0.39, 0.29) is 22.4 Å². The number of hydrogen-bond acceptors (Lipinski definition) is 3. The van der Waals surface area contributed by atoms with E-state index in [0.717, 1.165) is 26.1 Å². The van der Waals surface area contributed by atoms with E-state index in [2.05, 4.69) is 40.9 Å². The first-order valence-electron chi connectivity index (χ1n) is 6.94. The zero-order valence-electron chi connectivity index (χ0n) is 12.6. The molecule has 3 heteroatoms. The molecule has 0 radical (unpaired) electrons. The lowest BCUT2D eigenvalue weighted by atomic mass is 9.83. The molecule has 0 aromatic rings. The zero-order chi connectivity index (χ0) is 14.4. The first-order chi connectivity index (χ1) is 8.74. The number of rotatable bonds is 8. The maximum Gasteiger partial charge on any atom is 0.123 e. The largest absolute Gasteiger partial charge is 0.366 e. The predicted octanol–water partition coefficient (Wildman–Crippen LogP) is 3.25. The molecular formula is C16H26O3. The van der Waals surface area contributed by atoms with Crippen LogP contribution in [0, 0.1) is 0 Å². The molecule has 2 atom stereocenters. The lowest BCUT2D eigenvalue weighted by Gasteiger charge is -2.42. The Labute approximate surface area is 116 Å². The minimum absolute atomic E-state index is 0.226. The van der Waals surface area contributed by atoms with Crippen molar-refractivity contribution in [1.29, 1.82) is 0 Å². The van der Waals surface area contributed by atoms with Crippen LogP contribution in [0.25, 0.3) is 0 Å². The van der Waals surface area contributed by atoms with Gasteiger partial charge in [-0.05, 0) is 40.5 Å². The van der Waals surface area contributed by atoms with Crippen LogP contribution in [0.15, 0.2) is 25.3 Å². The molecule has 2 aliphatic heterocycles. The Morgan fingerprint density at radius 1 is 0.947 bits per heavy atom. The molecule has 2 saturated heterocycles. The van der Waals surface area contributed by atoms with E-state index in [9.17, 15) is 0 Å². The van der Waals surface area contributed by atoms with Crippen molar-refractivity contribution >= 4 is 0 Å². The van der Waals surface area contributed by atoms with Crippen molar-refractivity contribution in [2.24, 2.45) is 0 Å². The van der Waals surface area contributed by atoms with Gasteiger partial charge in [-0.25, -0.2) is 0 Å². The van der Waals surface area contributed by atoms with Crippen molar-refractivity contribution in [3.8, 4) is 0 Å². The Morgan fingerprint density at radius 3 is 1.47 bits per heavy atom. The maximum atomic E-state index is 6.44. The summed E-state index contributed by atoms with van der Waals surface area (Å²) in [6.07, 6.45) is 5.42. The van der Waals surface area contributed by atoms with Gasteiger partial charge in [0, 0.05) is 0 Å². The molecular weight excluding hydrogens is 240 g/mol. The molecule has 0 aliphatic carbocycles. The predicted molar refractivity (Wildman–Crippen MR) is 76.2 cm³/mol. The summed E-state index contributed by atoms with van der Waals surface area (Å²) in [5.41, 5.74) is -1.19.